The van der Waals surface area contributed by atoms with Gasteiger partial charge in [-0.1, -0.05) is 29.8 Å². The Labute approximate surface area is 167 Å². The summed E-state index contributed by atoms with van der Waals surface area (Å²) in [6, 6.07) is 9.22. The summed E-state index contributed by atoms with van der Waals surface area (Å²) in [5.74, 6) is -0.114. The fraction of sp³-hybridized carbons (Fsp3) is 0.400. The number of imide groups is 1. The topological polar surface area (TPSA) is 84.3 Å². The number of rotatable bonds is 4. The number of hydrogen-bond donors (Lipinski definition) is 1. The van der Waals surface area contributed by atoms with E-state index in [1.165, 1.54) is 9.58 Å². The van der Waals surface area contributed by atoms with Crippen LogP contribution in [0.5, 0.6) is 0 Å². The highest BCUT2D eigenvalue weighted by molar-refractivity contribution is 6.33. The van der Waals surface area contributed by atoms with Gasteiger partial charge in [-0.3, -0.25) is 19.3 Å². The van der Waals surface area contributed by atoms with E-state index < -0.39 is 0 Å². The van der Waals surface area contributed by atoms with Crippen molar-refractivity contribution in [2.24, 2.45) is 0 Å². The Balaban J connectivity index is 1.43. The van der Waals surface area contributed by atoms with E-state index in [9.17, 15) is 14.4 Å². The van der Waals surface area contributed by atoms with Crippen LogP contribution in [0.15, 0.2) is 41.3 Å². The molecule has 146 valence electrons. The number of benzene rings is 1. The van der Waals surface area contributed by atoms with Crippen molar-refractivity contribution < 1.29 is 9.59 Å². The minimum absolute atomic E-state index is 0.0137. The number of para-hydroxylation sites is 1. The first-order valence-electron chi connectivity index (χ1n) is 9.49. The van der Waals surface area contributed by atoms with Gasteiger partial charge in [-0.25, -0.2) is 0 Å². The summed E-state index contributed by atoms with van der Waals surface area (Å²) in [4.78, 5) is 37.9. The Morgan fingerprint density at radius 1 is 0.964 bits per heavy atom. The predicted molar refractivity (Wildman–Crippen MR) is 106 cm³/mol. The molecule has 2 amide bonds. The van der Waals surface area contributed by atoms with Gasteiger partial charge in [-0.2, -0.15) is 9.78 Å². The normalized spacial score (nSPS) is 22.5. The molecule has 1 N–H and O–H groups in total. The zero-order valence-corrected chi connectivity index (χ0v) is 16.1. The number of likely N-dealkylation sites (tertiary alicyclic amines) is 1. The van der Waals surface area contributed by atoms with Gasteiger partial charge in [0, 0.05) is 24.9 Å². The van der Waals surface area contributed by atoms with Crippen molar-refractivity contribution in [1.29, 1.82) is 0 Å². The van der Waals surface area contributed by atoms with Crippen molar-refractivity contribution in [2.75, 3.05) is 5.32 Å². The van der Waals surface area contributed by atoms with Crippen LogP contribution in [0, 0.1) is 0 Å². The van der Waals surface area contributed by atoms with Gasteiger partial charge in [0.05, 0.1) is 17.6 Å². The zero-order valence-electron chi connectivity index (χ0n) is 15.3. The molecule has 0 atom stereocenters. The first kappa shape index (κ1) is 18.7. The first-order valence-corrected chi connectivity index (χ1v) is 9.87. The molecule has 0 bridgehead atoms. The Morgan fingerprint density at radius 2 is 1.61 bits per heavy atom. The van der Waals surface area contributed by atoms with Gasteiger partial charge in [0.2, 0.25) is 11.8 Å². The van der Waals surface area contributed by atoms with Crippen LogP contribution in [0.3, 0.4) is 0 Å². The lowest BCUT2D eigenvalue weighted by molar-refractivity contribution is -0.141. The van der Waals surface area contributed by atoms with Crippen molar-refractivity contribution >= 4 is 29.1 Å². The van der Waals surface area contributed by atoms with Gasteiger partial charge < -0.3 is 5.32 Å². The van der Waals surface area contributed by atoms with Crippen molar-refractivity contribution in [3.8, 4) is 5.69 Å². The van der Waals surface area contributed by atoms with Crippen LogP contribution in [0.1, 0.15) is 38.5 Å². The Hall–Kier alpha value is -2.67. The van der Waals surface area contributed by atoms with E-state index in [-0.39, 0.29) is 34.5 Å². The van der Waals surface area contributed by atoms with Gasteiger partial charge in [-0.15, -0.1) is 0 Å². The second-order valence-corrected chi connectivity index (χ2v) is 7.61. The molecule has 0 spiro atoms. The molecule has 0 unspecified atom stereocenters. The third-order valence-electron chi connectivity index (χ3n) is 5.43. The van der Waals surface area contributed by atoms with Crippen LogP contribution < -0.4 is 10.9 Å². The number of halogens is 1. The molecule has 0 radical (unpaired) electrons. The van der Waals surface area contributed by atoms with E-state index in [2.05, 4.69) is 10.4 Å². The second-order valence-electron chi connectivity index (χ2n) is 7.23. The molecule has 1 aliphatic heterocycles. The maximum absolute atomic E-state index is 12.6. The van der Waals surface area contributed by atoms with Gasteiger partial charge in [0.1, 0.15) is 5.02 Å². The largest absolute Gasteiger partial charge is 0.380 e. The lowest BCUT2D eigenvalue weighted by atomic mass is 9.90. The third-order valence-corrected chi connectivity index (χ3v) is 5.80. The highest BCUT2D eigenvalue weighted by atomic mass is 35.5. The van der Waals surface area contributed by atoms with Crippen molar-refractivity contribution in [2.45, 2.75) is 50.6 Å². The van der Waals surface area contributed by atoms with Gasteiger partial charge in [0.15, 0.2) is 0 Å². The van der Waals surface area contributed by atoms with E-state index in [1.54, 1.807) is 18.3 Å². The molecule has 1 aromatic heterocycles. The predicted octanol–water partition coefficient (Wildman–Crippen LogP) is 2.76. The summed E-state index contributed by atoms with van der Waals surface area (Å²) >= 11 is 6.30. The molecule has 1 saturated heterocycles. The van der Waals surface area contributed by atoms with Crippen molar-refractivity contribution in [1.82, 2.24) is 14.7 Å². The average molecular weight is 401 g/mol. The van der Waals surface area contributed by atoms with Crippen LogP contribution in [0.2, 0.25) is 5.02 Å². The molecule has 2 aromatic rings. The smallest absolute Gasteiger partial charge is 0.292 e. The molecule has 7 nitrogen and oxygen atoms in total. The summed E-state index contributed by atoms with van der Waals surface area (Å²) in [6.45, 7) is 0. The number of carbonyl (C=O) groups excluding carboxylic acids is 2. The van der Waals surface area contributed by atoms with Gasteiger partial charge in [0.25, 0.3) is 5.56 Å². The number of nitrogens with zero attached hydrogens (tertiary/aromatic N) is 3. The molecule has 8 heteroatoms. The van der Waals surface area contributed by atoms with Gasteiger partial charge >= 0.3 is 0 Å². The molecule has 1 saturated carbocycles. The molecule has 2 heterocycles. The number of aromatic nitrogens is 2. The summed E-state index contributed by atoms with van der Waals surface area (Å²) in [5.41, 5.74) is 0.789. The monoisotopic (exact) mass is 400 g/mol. The summed E-state index contributed by atoms with van der Waals surface area (Å²) < 4.78 is 1.27. The summed E-state index contributed by atoms with van der Waals surface area (Å²) in [5, 5.41) is 7.64. The van der Waals surface area contributed by atoms with E-state index in [0.717, 1.165) is 25.7 Å². The fourth-order valence-corrected chi connectivity index (χ4v) is 4.17. The SMILES string of the molecule is O=C1CCC(=O)N1C1CCC(Nc2cnn(-c3ccccc3)c(=O)c2Cl)CC1. The molecule has 1 aromatic carbocycles. The fourth-order valence-electron chi connectivity index (χ4n) is 3.99. The number of anilines is 1. The molecule has 2 fully saturated rings. The maximum atomic E-state index is 12.6. The van der Waals surface area contributed by atoms with Crippen LogP contribution >= 0.6 is 11.6 Å². The highest BCUT2D eigenvalue weighted by Gasteiger charge is 2.36. The number of hydrogen-bond acceptors (Lipinski definition) is 5. The molecular formula is C20H21ClN4O3. The van der Waals surface area contributed by atoms with Crippen LogP contribution in [-0.2, 0) is 9.59 Å². The number of carbonyl (C=O) groups is 2. The second kappa shape index (κ2) is 7.75. The first-order chi connectivity index (χ1) is 13.5. The summed E-state index contributed by atoms with van der Waals surface area (Å²) in [7, 11) is 0. The Morgan fingerprint density at radius 3 is 2.25 bits per heavy atom. The van der Waals surface area contributed by atoms with Crippen LogP contribution in [0.25, 0.3) is 5.69 Å². The van der Waals surface area contributed by atoms with Crippen molar-refractivity contribution in [3.05, 3.63) is 51.9 Å². The standard InChI is InChI=1S/C20H21ClN4O3/c21-19-16(12-22-25(20(19)28)15-4-2-1-3-5-15)23-13-6-8-14(9-7-13)24-17(26)10-11-18(24)27/h1-5,12-14,23H,6-11H2. The summed E-state index contributed by atoms with van der Waals surface area (Å²) in [6.07, 6.45) is 5.31. The molecule has 1 aliphatic carbocycles. The molecule has 2 aliphatic rings. The maximum Gasteiger partial charge on any atom is 0.292 e. The molecular weight excluding hydrogens is 380 g/mol. The Bertz CT molecular complexity index is 936. The Kier molecular flexibility index (Phi) is 5.17. The van der Waals surface area contributed by atoms with E-state index in [1.807, 2.05) is 18.2 Å². The number of nitrogens with one attached hydrogen (secondary N) is 1. The minimum atomic E-state index is -0.375. The third kappa shape index (κ3) is 3.54. The number of amides is 2. The quantitative estimate of drug-likeness (QED) is 0.798. The lowest BCUT2D eigenvalue weighted by Crippen LogP contribution is -2.43. The molecule has 28 heavy (non-hydrogen) atoms. The zero-order chi connectivity index (χ0) is 19.7. The molecule has 4 rings (SSSR count). The average Bonchev–Trinajstić information content (AvgIpc) is 3.05. The van der Waals surface area contributed by atoms with Crippen molar-refractivity contribution in [3.63, 3.8) is 0 Å². The minimum Gasteiger partial charge on any atom is -0.380 e. The lowest BCUT2D eigenvalue weighted by Gasteiger charge is -2.34. The van der Waals surface area contributed by atoms with E-state index in [0.29, 0.717) is 24.2 Å². The van der Waals surface area contributed by atoms with E-state index >= 15 is 0 Å². The van der Waals surface area contributed by atoms with Crippen LogP contribution in [-0.4, -0.2) is 38.6 Å². The highest BCUT2D eigenvalue weighted by Crippen LogP contribution is 2.29. The van der Waals surface area contributed by atoms with E-state index in [4.69, 9.17) is 11.6 Å². The van der Waals surface area contributed by atoms with Gasteiger partial charge in [-0.05, 0) is 37.8 Å². The van der Waals surface area contributed by atoms with Crippen LogP contribution in [0.4, 0.5) is 5.69 Å².